The van der Waals surface area contributed by atoms with Gasteiger partial charge in [0, 0.05) is 16.5 Å². The van der Waals surface area contributed by atoms with Gasteiger partial charge in [-0.3, -0.25) is 9.59 Å². The summed E-state index contributed by atoms with van der Waals surface area (Å²) in [4.78, 5) is 29.1. The topological polar surface area (TPSA) is 77.6 Å². The van der Waals surface area contributed by atoms with Crippen molar-refractivity contribution in [1.29, 1.82) is 0 Å². The molecule has 0 saturated heterocycles. The number of para-hydroxylation sites is 1. The summed E-state index contributed by atoms with van der Waals surface area (Å²) in [5, 5.41) is 0.815. The molecule has 0 aliphatic rings. The van der Waals surface area contributed by atoms with E-state index in [1.54, 1.807) is 6.08 Å². The third-order valence-corrected chi connectivity index (χ3v) is 5.59. The van der Waals surface area contributed by atoms with Gasteiger partial charge < -0.3 is 19.2 Å². The lowest BCUT2D eigenvalue weighted by molar-refractivity contribution is 0.0462. The third-order valence-electron chi connectivity index (χ3n) is 5.59. The minimum atomic E-state index is -0.416. The van der Waals surface area contributed by atoms with Crippen LogP contribution in [0.1, 0.15) is 15.9 Å². The van der Waals surface area contributed by atoms with Gasteiger partial charge in [-0.25, -0.2) is 0 Å². The standard InChI is InChI=1S/C31H27NO5/c1-2-18-35-19-20-36-21-22-37-25-15-12-23(13-16-25)14-17-28(33)30-29(24-8-4-3-5-9-24)26-10-6-7-11-27(26)32-31(30)34/h1,3-17H,18-22H2,(H,32,34)/b17-14+. The molecule has 0 aliphatic heterocycles. The van der Waals surface area contributed by atoms with Gasteiger partial charge in [-0.2, -0.15) is 0 Å². The van der Waals surface area contributed by atoms with Gasteiger partial charge in [0.05, 0.1) is 25.4 Å². The Balaban J connectivity index is 1.44. The number of rotatable bonds is 12. The second-order valence-electron chi connectivity index (χ2n) is 8.10. The summed E-state index contributed by atoms with van der Waals surface area (Å²) < 4.78 is 16.2. The van der Waals surface area contributed by atoms with E-state index in [0.29, 0.717) is 43.3 Å². The van der Waals surface area contributed by atoms with Crippen LogP contribution in [0.3, 0.4) is 0 Å². The van der Waals surface area contributed by atoms with Crippen molar-refractivity contribution >= 4 is 22.8 Å². The molecule has 4 rings (SSSR count). The molecule has 0 amide bonds. The van der Waals surface area contributed by atoms with Crippen LogP contribution in [0.25, 0.3) is 28.1 Å². The van der Waals surface area contributed by atoms with Gasteiger partial charge in [0.25, 0.3) is 5.56 Å². The van der Waals surface area contributed by atoms with Gasteiger partial charge in [-0.15, -0.1) is 6.42 Å². The Labute approximate surface area is 215 Å². The van der Waals surface area contributed by atoms with Crippen LogP contribution in [-0.4, -0.2) is 43.8 Å². The first-order chi connectivity index (χ1) is 18.2. The van der Waals surface area contributed by atoms with Crippen LogP contribution in [0.2, 0.25) is 0 Å². The van der Waals surface area contributed by atoms with E-state index in [2.05, 4.69) is 10.9 Å². The van der Waals surface area contributed by atoms with Crippen LogP contribution in [0.4, 0.5) is 0 Å². The number of allylic oxidation sites excluding steroid dienone is 1. The normalized spacial score (nSPS) is 11.0. The molecule has 1 aromatic heterocycles. The second-order valence-corrected chi connectivity index (χ2v) is 8.10. The monoisotopic (exact) mass is 493 g/mol. The van der Waals surface area contributed by atoms with Gasteiger partial charge in [0.15, 0.2) is 5.78 Å². The van der Waals surface area contributed by atoms with E-state index in [-0.39, 0.29) is 18.0 Å². The maximum Gasteiger partial charge on any atom is 0.260 e. The smallest absolute Gasteiger partial charge is 0.260 e. The summed E-state index contributed by atoms with van der Waals surface area (Å²) in [6.45, 7) is 2.01. The molecule has 0 fully saturated rings. The zero-order valence-electron chi connectivity index (χ0n) is 20.3. The first-order valence-electron chi connectivity index (χ1n) is 11.9. The molecular weight excluding hydrogens is 466 g/mol. The lowest BCUT2D eigenvalue weighted by Gasteiger charge is -2.11. The lowest BCUT2D eigenvalue weighted by atomic mass is 9.94. The number of aromatic amines is 1. The lowest BCUT2D eigenvalue weighted by Crippen LogP contribution is -2.18. The molecule has 186 valence electrons. The Morgan fingerprint density at radius 3 is 2.35 bits per heavy atom. The predicted octanol–water partition coefficient (Wildman–Crippen LogP) is 5.14. The average Bonchev–Trinajstić information content (AvgIpc) is 2.93. The fourth-order valence-electron chi connectivity index (χ4n) is 3.88. The Hall–Kier alpha value is -4.44. The van der Waals surface area contributed by atoms with Crippen molar-refractivity contribution in [3.05, 3.63) is 106 Å². The SMILES string of the molecule is C#CCOCCOCCOc1ccc(/C=C/C(=O)c2c(-c3ccccc3)c3ccccc3[nH]c2=O)cc1. The van der Waals surface area contributed by atoms with E-state index in [4.69, 9.17) is 20.6 Å². The van der Waals surface area contributed by atoms with E-state index in [0.717, 1.165) is 16.5 Å². The quantitative estimate of drug-likeness (QED) is 0.128. The van der Waals surface area contributed by atoms with Crippen molar-refractivity contribution in [1.82, 2.24) is 4.98 Å². The summed E-state index contributed by atoms with van der Waals surface area (Å²) in [6.07, 6.45) is 8.23. The van der Waals surface area contributed by atoms with Crippen LogP contribution in [-0.2, 0) is 9.47 Å². The Morgan fingerprint density at radius 2 is 1.57 bits per heavy atom. The van der Waals surface area contributed by atoms with E-state index >= 15 is 0 Å². The number of benzene rings is 3. The molecule has 0 radical (unpaired) electrons. The molecule has 0 saturated carbocycles. The summed E-state index contributed by atoms with van der Waals surface area (Å²) in [5.41, 5.74) is 2.63. The van der Waals surface area contributed by atoms with Crippen LogP contribution >= 0.6 is 0 Å². The van der Waals surface area contributed by atoms with Gasteiger partial charge in [-0.05, 0) is 35.4 Å². The van der Waals surface area contributed by atoms with E-state index in [1.165, 1.54) is 6.08 Å². The summed E-state index contributed by atoms with van der Waals surface area (Å²) >= 11 is 0. The zero-order valence-corrected chi connectivity index (χ0v) is 20.3. The number of ketones is 1. The molecule has 1 N–H and O–H groups in total. The zero-order chi connectivity index (χ0) is 25.9. The van der Waals surface area contributed by atoms with E-state index < -0.39 is 5.56 Å². The molecule has 3 aromatic carbocycles. The van der Waals surface area contributed by atoms with Crippen LogP contribution in [0.5, 0.6) is 5.75 Å². The predicted molar refractivity (Wildman–Crippen MR) is 146 cm³/mol. The first kappa shape index (κ1) is 25.6. The van der Waals surface area contributed by atoms with Crippen molar-refractivity contribution in [3.63, 3.8) is 0 Å². The molecule has 0 aliphatic carbocycles. The molecule has 0 bridgehead atoms. The van der Waals surface area contributed by atoms with Crippen molar-refractivity contribution in [3.8, 4) is 29.2 Å². The highest BCUT2D eigenvalue weighted by Crippen LogP contribution is 2.30. The van der Waals surface area contributed by atoms with Crippen LogP contribution in [0, 0.1) is 12.3 Å². The molecule has 0 atom stereocenters. The van der Waals surface area contributed by atoms with Gasteiger partial charge in [0.2, 0.25) is 0 Å². The molecule has 37 heavy (non-hydrogen) atoms. The third kappa shape index (κ3) is 6.83. The minimum Gasteiger partial charge on any atom is -0.491 e. The van der Waals surface area contributed by atoms with Crippen LogP contribution < -0.4 is 10.3 Å². The average molecular weight is 494 g/mol. The summed E-state index contributed by atoms with van der Waals surface area (Å²) in [6, 6.07) is 24.3. The van der Waals surface area contributed by atoms with Gasteiger partial charge in [-0.1, -0.05) is 72.7 Å². The Morgan fingerprint density at radius 1 is 0.865 bits per heavy atom. The Kier molecular flexibility index (Phi) is 9.03. The number of ether oxygens (including phenoxy) is 3. The van der Waals surface area contributed by atoms with Crippen molar-refractivity contribution in [2.24, 2.45) is 0 Å². The maximum absolute atomic E-state index is 13.3. The number of H-pyrrole nitrogens is 1. The number of carbonyl (C=O) groups is 1. The molecule has 4 aromatic rings. The highest BCUT2D eigenvalue weighted by atomic mass is 16.5. The molecule has 6 nitrogen and oxygen atoms in total. The molecular formula is C31H27NO5. The summed E-state index contributed by atoms with van der Waals surface area (Å²) in [5.74, 6) is 2.72. The minimum absolute atomic E-state index is 0.116. The summed E-state index contributed by atoms with van der Waals surface area (Å²) in [7, 11) is 0. The fraction of sp³-hybridized carbons (Fsp3) is 0.161. The number of nitrogens with one attached hydrogen (secondary N) is 1. The molecule has 1 heterocycles. The molecule has 0 unspecified atom stereocenters. The molecule has 6 heteroatoms. The first-order valence-corrected chi connectivity index (χ1v) is 11.9. The highest BCUT2D eigenvalue weighted by molar-refractivity contribution is 6.15. The number of terminal acetylenes is 1. The number of aromatic nitrogens is 1. The van der Waals surface area contributed by atoms with E-state index in [1.807, 2.05) is 78.9 Å². The molecule has 0 spiro atoms. The number of hydrogen-bond donors (Lipinski definition) is 1. The second kappa shape index (κ2) is 13.0. The maximum atomic E-state index is 13.3. The highest BCUT2D eigenvalue weighted by Gasteiger charge is 2.18. The van der Waals surface area contributed by atoms with Crippen molar-refractivity contribution in [2.45, 2.75) is 0 Å². The van der Waals surface area contributed by atoms with E-state index in [9.17, 15) is 9.59 Å². The van der Waals surface area contributed by atoms with Gasteiger partial charge in [0.1, 0.15) is 19.0 Å². The van der Waals surface area contributed by atoms with Gasteiger partial charge >= 0.3 is 0 Å². The van der Waals surface area contributed by atoms with Crippen molar-refractivity contribution in [2.75, 3.05) is 33.0 Å². The Bertz CT molecular complexity index is 1460. The largest absolute Gasteiger partial charge is 0.491 e. The number of hydrogen-bond acceptors (Lipinski definition) is 5. The number of fused-ring (bicyclic) bond motifs is 1. The van der Waals surface area contributed by atoms with Crippen molar-refractivity contribution < 1.29 is 19.0 Å². The fourth-order valence-corrected chi connectivity index (χ4v) is 3.88. The number of pyridine rings is 1. The number of carbonyl (C=O) groups excluding carboxylic acids is 1. The van der Waals surface area contributed by atoms with Crippen LogP contribution in [0.15, 0.2) is 89.7 Å².